The van der Waals surface area contributed by atoms with Crippen LogP contribution in [0, 0.1) is 5.92 Å². The summed E-state index contributed by atoms with van der Waals surface area (Å²) >= 11 is 0. The van der Waals surface area contributed by atoms with Crippen molar-refractivity contribution in [3.05, 3.63) is 0 Å². The third-order valence-electron chi connectivity index (χ3n) is 2.15. The van der Waals surface area contributed by atoms with Crippen molar-refractivity contribution in [2.45, 2.75) is 12.8 Å². The molecule has 0 spiro atoms. The lowest BCUT2D eigenvalue weighted by atomic mass is 9.97. The van der Waals surface area contributed by atoms with E-state index in [1.165, 1.54) is 0 Å². The number of piperidine rings is 1. The number of hydrogen-bond acceptors (Lipinski definition) is 3. The maximum absolute atomic E-state index is 11.4. The van der Waals surface area contributed by atoms with E-state index in [9.17, 15) is 4.79 Å². The van der Waals surface area contributed by atoms with Crippen LogP contribution in [-0.4, -0.2) is 32.1 Å². The summed E-state index contributed by atoms with van der Waals surface area (Å²) in [5.74, 6) is 0.375. The highest BCUT2D eigenvalue weighted by Crippen LogP contribution is 2.10. The van der Waals surface area contributed by atoms with Gasteiger partial charge in [0.25, 0.3) is 0 Å². The Labute approximate surface area is 72.9 Å². The minimum atomic E-state index is 0.168. The van der Waals surface area contributed by atoms with Crippen molar-refractivity contribution in [3.63, 3.8) is 0 Å². The first kappa shape index (κ1) is 9.48. The average molecular weight is 171 g/mol. The smallest absolute Gasteiger partial charge is 0.223 e. The van der Waals surface area contributed by atoms with Gasteiger partial charge in [-0.15, -0.1) is 0 Å². The molecule has 0 aromatic rings. The van der Waals surface area contributed by atoms with E-state index < -0.39 is 0 Å². The summed E-state index contributed by atoms with van der Waals surface area (Å²) < 4.78 is 0. The number of hydrogen-bond donors (Lipinski definition) is 3. The molecule has 0 aromatic heterocycles. The lowest BCUT2D eigenvalue weighted by Crippen LogP contribution is -2.39. The summed E-state index contributed by atoms with van der Waals surface area (Å²) in [6, 6.07) is 0. The Kier molecular flexibility index (Phi) is 4.04. The Morgan fingerprint density at radius 2 is 2.17 bits per heavy atom. The summed E-state index contributed by atoms with van der Waals surface area (Å²) in [6.07, 6.45) is 1.91. The molecular weight excluding hydrogens is 154 g/mol. The third-order valence-corrected chi connectivity index (χ3v) is 2.15. The molecule has 12 heavy (non-hydrogen) atoms. The Morgan fingerprint density at radius 3 is 2.75 bits per heavy atom. The van der Waals surface area contributed by atoms with E-state index in [-0.39, 0.29) is 11.8 Å². The molecule has 4 heteroatoms. The summed E-state index contributed by atoms with van der Waals surface area (Å²) in [5.41, 5.74) is 5.28. The fourth-order valence-electron chi connectivity index (χ4n) is 1.42. The lowest BCUT2D eigenvalue weighted by molar-refractivity contribution is -0.125. The maximum Gasteiger partial charge on any atom is 0.223 e. The Balaban J connectivity index is 2.20. The molecule has 0 unspecified atom stereocenters. The van der Waals surface area contributed by atoms with Gasteiger partial charge in [0.05, 0.1) is 0 Å². The molecule has 0 aromatic carbocycles. The highest BCUT2D eigenvalue weighted by atomic mass is 16.1. The fraction of sp³-hybridized carbons (Fsp3) is 0.875. The number of rotatable bonds is 3. The van der Waals surface area contributed by atoms with E-state index >= 15 is 0 Å². The van der Waals surface area contributed by atoms with Crippen LogP contribution in [0.2, 0.25) is 0 Å². The minimum absolute atomic E-state index is 0.168. The molecule has 1 fully saturated rings. The van der Waals surface area contributed by atoms with Gasteiger partial charge in [0.1, 0.15) is 0 Å². The normalized spacial score (nSPS) is 19.1. The van der Waals surface area contributed by atoms with E-state index in [0.717, 1.165) is 25.9 Å². The van der Waals surface area contributed by atoms with Crippen molar-refractivity contribution in [2.75, 3.05) is 26.2 Å². The highest BCUT2D eigenvalue weighted by molar-refractivity contribution is 5.78. The summed E-state index contributed by atoms with van der Waals surface area (Å²) in [6.45, 7) is 3.04. The first-order valence-corrected chi connectivity index (χ1v) is 4.53. The van der Waals surface area contributed by atoms with E-state index in [1.54, 1.807) is 0 Å². The average Bonchev–Trinajstić information content (AvgIpc) is 2.15. The first-order valence-electron chi connectivity index (χ1n) is 4.53. The van der Waals surface area contributed by atoms with E-state index in [2.05, 4.69) is 10.6 Å². The van der Waals surface area contributed by atoms with Gasteiger partial charge in [-0.1, -0.05) is 0 Å². The fourth-order valence-corrected chi connectivity index (χ4v) is 1.42. The molecule has 1 heterocycles. The van der Waals surface area contributed by atoms with Crippen LogP contribution >= 0.6 is 0 Å². The van der Waals surface area contributed by atoms with E-state index in [4.69, 9.17) is 5.73 Å². The third kappa shape index (κ3) is 2.79. The van der Waals surface area contributed by atoms with Gasteiger partial charge < -0.3 is 16.4 Å². The zero-order chi connectivity index (χ0) is 8.81. The van der Waals surface area contributed by atoms with Crippen molar-refractivity contribution in [2.24, 2.45) is 11.7 Å². The van der Waals surface area contributed by atoms with Crippen LogP contribution in [0.25, 0.3) is 0 Å². The molecular formula is C8H17N3O. The molecule has 1 aliphatic heterocycles. The van der Waals surface area contributed by atoms with Crippen LogP contribution in [0.1, 0.15) is 12.8 Å². The summed E-state index contributed by atoms with van der Waals surface area (Å²) in [4.78, 5) is 11.4. The Morgan fingerprint density at radius 1 is 1.50 bits per heavy atom. The molecule has 0 aliphatic carbocycles. The van der Waals surface area contributed by atoms with E-state index in [1.807, 2.05) is 0 Å². The van der Waals surface area contributed by atoms with Crippen LogP contribution in [0.15, 0.2) is 0 Å². The van der Waals surface area contributed by atoms with Gasteiger partial charge >= 0.3 is 0 Å². The Hall–Kier alpha value is -0.610. The standard InChI is InChI=1S/C8H17N3O/c9-3-6-11-8(12)7-1-4-10-5-2-7/h7,10H,1-6,9H2,(H,11,12). The van der Waals surface area contributed by atoms with Crippen LogP contribution in [0.4, 0.5) is 0 Å². The van der Waals surface area contributed by atoms with E-state index in [0.29, 0.717) is 13.1 Å². The molecule has 1 amide bonds. The molecule has 70 valence electrons. The minimum Gasteiger partial charge on any atom is -0.355 e. The molecule has 0 atom stereocenters. The molecule has 1 aliphatic rings. The van der Waals surface area contributed by atoms with Crippen LogP contribution in [0.5, 0.6) is 0 Å². The molecule has 0 radical (unpaired) electrons. The molecule has 0 saturated carbocycles. The molecule has 1 rings (SSSR count). The van der Waals surface area contributed by atoms with Gasteiger partial charge in [0, 0.05) is 19.0 Å². The zero-order valence-corrected chi connectivity index (χ0v) is 7.31. The van der Waals surface area contributed by atoms with Gasteiger partial charge in [-0.2, -0.15) is 0 Å². The topological polar surface area (TPSA) is 67.1 Å². The largest absolute Gasteiger partial charge is 0.355 e. The maximum atomic E-state index is 11.4. The molecule has 4 N–H and O–H groups in total. The molecule has 0 bridgehead atoms. The number of nitrogens with two attached hydrogens (primary N) is 1. The monoisotopic (exact) mass is 171 g/mol. The molecule has 1 saturated heterocycles. The SMILES string of the molecule is NCCNC(=O)C1CCNCC1. The Bertz CT molecular complexity index is 143. The van der Waals surface area contributed by atoms with Crippen molar-refractivity contribution >= 4 is 5.91 Å². The predicted molar refractivity (Wildman–Crippen MR) is 47.7 cm³/mol. The lowest BCUT2D eigenvalue weighted by Gasteiger charge is -2.21. The predicted octanol–water partition coefficient (Wildman–Crippen LogP) is -0.939. The second-order valence-corrected chi connectivity index (χ2v) is 3.10. The van der Waals surface area contributed by atoms with Crippen LogP contribution in [0.3, 0.4) is 0 Å². The van der Waals surface area contributed by atoms with Crippen molar-refractivity contribution in [1.29, 1.82) is 0 Å². The van der Waals surface area contributed by atoms with Crippen molar-refractivity contribution < 1.29 is 4.79 Å². The van der Waals surface area contributed by atoms with Crippen molar-refractivity contribution in [3.8, 4) is 0 Å². The summed E-state index contributed by atoms with van der Waals surface area (Å²) in [5, 5.41) is 6.03. The highest BCUT2D eigenvalue weighted by Gasteiger charge is 2.19. The van der Waals surface area contributed by atoms with Crippen molar-refractivity contribution in [1.82, 2.24) is 10.6 Å². The van der Waals surface area contributed by atoms with Gasteiger partial charge in [-0.25, -0.2) is 0 Å². The second kappa shape index (κ2) is 5.11. The van der Waals surface area contributed by atoms with Gasteiger partial charge in [-0.05, 0) is 25.9 Å². The quantitative estimate of drug-likeness (QED) is 0.513. The molecule has 4 nitrogen and oxygen atoms in total. The zero-order valence-electron chi connectivity index (χ0n) is 7.31. The number of amides is 1. The number of carbonyl (C=O) groups is 1. The first-order chi connectivity index (χ1) is 5.84. The van der Waals surface area contributed by atoms with Gasteiger partial charge in [0.15, 0.2) is 0 Å². The van der Waals surface area contributed by atoms with Gasteiger partial charge in [-0.3, -0.25) is 4.79 Å². The van der Waals surface area contributed by atoms with Gasteiger partial charge in [0.2, 0.25) is 5.91 Å². The number of nitrogens with one attached hydrogen (secondary N) is 2. The summed E-state index contributed by atoms with van der Waals surface area (Å²) in [7, 11) is 0. The second-order valence-electron chi connectivity index (χ2n) is 3.10. The van der Waals surface area contributed by atoms with Crippen LogP contribution < -0.4 is 16.4 Å². The number of carbonyl (C=O) groups excluding carboxylic acids is 1. The van der Waals surface area contributed by atoms with Crippen LogP contribution in [-0.2, 0) is 4.79 Å².